The van der Waals surface area contributed by atoms with Gasteiger partial charge >= 0.3 is 17.8 Å². The zero-order valence-corrected chi connectivity index (χ0v) is 17.6. The van der Waals surface area contributed by atoms with Gasteiger partial charge in [0.1, 0.15) is 0 Å². The molecule has 1 nitrogen and oxygen atoms in total. The SMILES string of the molecule is Cc1nc(C)c(C2=C(c3cc(-c4ccccc4)sc3C)C(F)(F)C(F)(F)C2(F)F)s1. The highest BCUT2D eigenvalue weighted by Gasteiger charge is 2.80. The third-order valence-electron chi connectivity index (χ3n) is 5.04. The molecule has 0 N–H and O–H groups in total. The molecule has 0 atom stereocenters. The minimum absolute atomic E-state index is 0.0225. The molecule has 0 bridgehead atoms. The fourth-order valence-corrected chi connectivity index (χ4v) is 5.66. The Kier molecular flexibility index (Phi) is 4.70. The lowest BCUT2D eigenvalue weighted by atomic mass is 9.97. The van der Waals surface area contributed by atoms with Crippen LogP contribution in [0.5, 0.6) is 0 Å². The summed E-state index contributed by atoms with van der Waals surface area (Å²) in [4.78, 5) is 4.43. The third-order valence-corrected chi connectivity index (χ3v) is 7.23. The van der Waals surface area contributed by atoms with E-state index in [4.69, 9.17) is 0 Å². The molecule has 0 amide bonds. The zero-order valence-electron chi connectivity index (χ0n) is 16.0. The third kappa shape index (κ3) is 2.78. The number of hydrogen-bond donors (Lipinski definition) is 0. The van der Waals surface area contributed by atoms with Crippen molar-refractivity contribution in [1.82, 2.24) is 4.98 Å². The van der Waals surface area contributed by atoms with Gasteiger partial charge in [0, 0.05) is 15.3 Å². The Labute approximate surface area is 176 Å². The molecule has 0 saturated heterocycles. The largest absolute Gasteiger partial charge is 0.380 e. The number of nitrogens with zero attached hydrogens (tertiary/aromatic N) is 1. The summed E-state index contributed by atoms with van der Waals surface area (Å²) in [6.07, 6.45) is 0. The van der Waals surface area contributed by atoms with Crippen molar-refractivity contribution in [3.05, 3.63) is 62.4 Å². The van der Waals surface area contributed by atoms with Crippen LogP contribution < -0.4 is 0 Å². The molecule has 1 aliphatic rings. The molecule has 2 heterocycles. The zero-order chi connectivity index (χ0) is 22.1. The molecular weight excluding hydrogens is 444 g/mol. The highest BCUT2D eigenvalue weighted by Crippen LogP contribution is 2.66. The van der Waals surface area contributed by atoms with E-state index in [1.54, 1.807) is 30.3 Å². The predicted molar refractivity (Wildman–Crippen MR) is 108 cm³/mol. The normalized spacial score (nSPS) is 19.5. The van der Waals surface area contributed by atoms with Crippen LogP contribution in [0.1, 0.15) is 26.0 Å². The standard InChI is InChI=1S/C21H15F6NS2/c1-10-18(30-12(3)28-10)17-16(19(22,23)21(26,27)20(17,24)25)14-9-15(29-11(14)2)13-7-5-4-6-8-13/h4-9H,1-3H3. The first-order valence-corrected chi connectivity index (χ1v) is 10.5. The second-order valence-electron chi connectivity index (χ2n) is 7.07. The van der Waals surface area contributed by atoms with Crippen LogP contribution in [-0.4, -0.2) is 22.8 Å². The van der Waals surface area contributed by atoms with Crippen LogP contribution in [0.2, 0.25) is 0 Å². The lowest BCUT2D eigenvalue weighted by molar-refractivity contribution is -0.254. The van der Waals surface area contributed by atoms with Crippen molar-refractivity contribution in [3.8, 4) is 10.4 Å². The molecule has 4 rings (SSSR count). The minimum Gasteiger partial charge on any atom is -0.246 e. The van der Waals surface area contributed by atoms with E-state index >= 15 is 0 Å². The maximum absolute atomic E-state index is 14.9. The number of thiazole rings is 1. The van der Waals surface area contributed by atoms with Gasteiger partial charge in [-0.3, -0.25) is 0 Å². The number of aryl methyl sites for hydroxylation is 3. The first kappa shape index (κ1) is 21.1. The van der Waals surface area contributed by atoms with Gasteiger partial charge in [-0.05, 0) is 38.0 Å². The monoisotopic (exact) mass is 459 g/mol. The van der Waals surface area contributed by atoms with Crippen molar-refractivity contribution in [2.75, 3.05) is 0 Å². The lowest BCUT2D eigenvalue weighted by Crippen LogP contribution is -2.48. The molecule has 0 saturated carbocycles. The average molecular weight is 459 g/mol. The highest BCUT2D eigenvalue weighted by atomic mass is 32.1. The van der Waals surface area contributed by atoms with E-state index in [9.17, 15) is 26.3 Å². The van der Waals surface area contributed by atoms with Crippen molar-refractivity contribution >= 4 is 33.8 Å². The van der Waals surface area contributed by atoms with Gasteiger partial charge in [0.2, 0.25) is 0 Å². The van der Waals surface area contributed by atoms with Crippen LogP contribution >= 0.6 is 22.7 Å². The lowest BCUT2D eigenvalue weighted by Gasteiger charge is -2.25. The number of allylic oxidation sites excluding steroid dienone is 2. The maximum atomic E-state index is 14.9. The summed E-state index contributed by atoms with van der Waals surface area (Å²) in [5.74, 6) is -15.6. The van der Waals surface area contributed by atoms with E-state index in [1.807, 2.05) is 0 Å². The first-order chi connectivity index (χ1) is 13.9. The van der Waals surface area contributed by atoms with E-state index in [1.165, 1.54) is 26.8 Å². The summed E-state index contributed by atoms with van der Waals surface area (Å²) in [6, 6.07) is 10.0. The van der Waals surface area contributed by atoms with E-state index in [0.717, 1.165) is 11.3 Å². The van der Waals surface area contributed by atoms with Crippen LogP contribution in [0.15, 0.2) is 36.4 Å². The quantitative estimate of drug-likeness (QED) is 0.367. The van der Waals surface area contributed by atoms with Gasteiger partial charge < -0.3 is 0 Å². The number of alkyl halides is 6. The van der Waals surface area contributed by atoms with Crippen LogP contribution in [-0.2, 0) is 0 Å². The Morgan fingerprint density at radius 2 is 1.40 bits per heavy atom. The first-order valence-electron chi connectivity index (χ1n) is 8.89. The van der Waals surface area contributed by atoms with Gasteiger partial charge in [0.05, 0.1) is 21.2 Å². The molecular formula is C21H15F6NS2. The fourth-order valence-electron chi connectivity index (χ4n) is 3.62. The number of halogens is 6. The second-order valence-corrected chi connectivity index (χ2v) is 9.53. The molecule has 3 aromatic rings. The Bertz CT molecular complexity index is 1160. The van der Waals surface area contributed by atoms with Crippen molar-refractivity contribution < 1.29 is 26.3 Å². The van der Waals surface area contributed by atoms with Crippen LogP contribution in [0.4, 0.5) is 26.3 Å². The van der Waals surface area contributed by atoms with Gasteiger partial charge in [0.15, 0.2) is 0 Å². The molecule has 30 heavy (non-hydrogen) atoms. The molecule has 0 unspecified atom stereocenters. The van der Waals surface area contributed by atoms with Gasteiger partial charge in [-0.1, -0.05) is 30.3 Å². The summed E-state index contributed by atoms with van der Waals surface area (Å²) >= 11 is 1.80. The molecule has 0 radical (unpaired) electrons. The Hall–Kier alpha value is -2.13. The van der Waals surface area contributed by atoms with Crippen molar-refractivity contribution in [2.45, 2.75) is 38.5 Å². The molecule has 0 aliphatic heterocycles. The average Bonchev–Trinajstić information content (AvgIpc) is 3.23. The second kappa shape index (κ2) is 6.68. The molecule has 1 aromatic carbocycles. The van der Waals surface area contributed by atoms with E-state index < -0.39 is 28.9 Å². The summed E-state index contributed by atoms with van der Waals surface area (Å²) in [7, 11) is 0. The minimum atomic E-state index is -5.56. The Balaban J connectivity index is 2.05. The van der Waals surface area contributed by atoms with Crippen molar-refractivity contribution in [1.29, 1.82) is 0 Å². The van der Waals surface area contributed by atoms with E-state index in [2.05, 4.69) is 4.98 Å². The molecule has 0 spiro atoms. The van der Waals surface area contributed by atoms with Gasteiger partial charge in [-0.25, -0.2) is 4.98 Å². The van der Waals surface area contributed by atoms with Crippen molar-refractivity contribution in [2.24, 2.45) is 0 Å². The number of rotatable bonds is 3. The highest BCUT2D eigenvalue weighted by molar-refractivity contribution is 7.15. The molecule has 9 heteroatoms. The fraction of sp³-hybridized carbons (Fsp3) is 0.286. The number of benzene rings is 1. The van der Waals surface area contributed by atoms with Crippen molar-refractivity contribution in [3.63, 3.8) is 0 Å². The number of hydrogen-bond acceptors (Lipinski definition) is 3. The molecule has 158 valence electrons. The van der Waals surface area contributed by atoms with Gasteiger partial charge in [-0.2, -0.15) is 26.3 Å². The predicted octanol–water partition coefficient (Wildman–Crippen LogP) is 7.63. The summed E-state index contributed by atoms with van der Waals surface area (Å²) < 4.78 is 88.4. The van der Waals surface area contributed by atoms with E-state index in [0.29, 0.717) is 26.8 Å². The Morgan fingerprint density at radius 1 is 0.800 bits per heavy atom. The summed E-state index contributed by atoms with van der Waals surface area (Å²) in [5, 5.41) is 0.329. The molecule has 0 fully saturated rings. The topological polar surface area (TPSA) is 12.9 Å². The molecule has 1 aliphatic carbocycles. The van der Waals surface area contributed by atoms with Gasteiger partial charge in [-0.15, -0.1) is 22.7 Å². The summed E-state index contributed by atoms with van der Waals surface area (Å²) in [5.41, 5.74) is -2.24. The Morgan fingerprint density at radius 3 is 1.97 bits per heavy atom. The van der Waals surface area contributed by atoms with Crippen LogP contribution in [0.3, 0.4) is 0 Å². The van der Waals surface area contributed by atoms with Gasteiger partial charge in [0.25, 0.3) is 0 Å². The van der Waals surface area contributed by atoms with Crippen LogP contribution in [0, 0.1) is 20.8 Å². The molecule has 2 aromatic heterocycles. The van der Waals surface area contributed by atoms with E-state index in [-0.39, 0.29) is 21.0 Å². The maximum Gasteiger partial charge on any atom is 0.380 e. The smallest absolute Gasteiger partial charge is 0.246 e. The van der Waals surface area contributed by atoms with Crippen LogP contribution in [0.25, 0.3) is 21.6 Å². The summed E-state index contributed by atoms with van der Waals surface area (Å²) in [6.45, 7) is 4.32. The number of thiophene rings is 1. The number of aromatic nitrogens is 1.